The van der Waals surface area contributed by atoms with Crippen molar-refractivity contribution in [3.05, 3.63) is 36.2 Å². The number of ether oxygens (including phenoxy) is 1. The van der Waals surface area contributed by atoms with Gasteiger partial charge < -0.3 is 14.5 Å². The molecule has 0 N–H and O–H groups in total. The molecular formula is C18H21N7O2. The number of hydrogen-bond donors (Lipinski definition) is 0. The first-order valence-electron chi connectivity index (χ1n) is 8.82. The van der Waals surface area contributed by atoms with Crippen molar-refractivity contribution in [1.82, 2.24) is 29.9 Å². The molecule has 0 aliphatic carbocycles. The fourth-order valence-corrected chi connectivity index (χ4v) is 3.21. The van der Waals surface area contributed by atoms with Crippen LogP contribution in [-0.2, 0) is 9.53 Å². The minimum absolute atomic E-state index is 0.00954. The summed E-state index contributed by atoms with van der Waals surface area (Å²) in [4.78, 5) is 24.7. The molecule has 1 amide bonds. The Balaban J connectivity index is 1.59. The minimum Gasteiger partial charge on any atom is -0.375 e. The number of benzene rings is 1. The van der Waals surface area contributed by atoms with Crippen molar-refractivity contribution in [2.24, 2.45) is 0 Å². The number of fused-ring (bicyclic) bond motifs is 1. The smallest absolute Gasteiger partial charge is 0.248 e. The number of amides is 1. The molecular weight excluding hydrogens is 346 g/mol. The maximum atomic E-state index is 12.0. The molecule has 0 spiro atoms. The zero-order chi connectivity index (χ0) is 18.8. The summed E-state index contributed by atoms with van der Waals surface area (Å²) in [5, 5.41) is 8.60. The third-order valence-corrected chi connectivity index (χ3v) is 4.70. The molecule has 0 saturated carbocycles. The van der Waals surface area contributed by atoms with E-state index in [9.17, 15) is 4.79 Å². The van der Waals surface area contributed by atoms with E-state index in [1.54, 1.807) is 4.68 Å². The predicted molar refractivity (Wildman–Crippen MR) is 99.9 cm³/mol. The Kier molecular flexibility index (Phi) is 4.68. The molecule has 1 aliphatic rings. The van der Waals surface area contributed by atoms with Crippen molar-refractivity contribution < 1.29 is 9.53 Å². The fraction of sp³-hybridized carbons (Fsp3) is 0.389. The van der Waals surface area contributed by atoms with Crippen LogP contribution in [0.25, 0.3) is 16.9 Å². The zero-order valence-electron chi connectivity index (χ0n) is 15.4. The average molecular weight is 367 g/mol. The maximum absolute atomic E-state index is 12.0. The number of piperazine rings is 1. The molecule has 27 heavy (non-hydrogen) atoms. The van der Waals surface area contributed by atoms with Gasteiger partial charge in [0.2, 0.25) is 5.91 Å². The van der Waals surface area contributed by atoms with E-state index in [-0.39, 0.29) is 12.5 Å². The number of aryl methyl sites for hydroxylation is 1. The molecule has 3 aromatic rings. The average Bonchev–Trinajstić information content (AvgIpc) is 3.13. The number of methoxy groups -OCH3 is 1. The molecule has 140 valence electrons. The van der Waals surface area contributed by atoms with Crippen molar-refractivity contribution in [2.75, 3.05) is 44.8 Å². The van der Waals surface area contributed by atoms with Gasteiger partial charge in [-0.25, -0.2) is 9.97 Å². The second-order valence-corrected chi connectivity index (χ2v) is 6.51. The molecule has 1 aromatic carbocycles. The molecule has 9 nitrogen and oxygen atoms in total. The van der Waals surface area contributed by atoms with E-state index >= 15 is 0 Å². The van der Waals surface area contributed by atoms with Crippen LogP contribution in [0.5, 0.6) is 0 Å². The molecule has 1 saturated heterocycles. The number of carbonyl (C=O) groups is 1. The van der Waals surface area contributed by atoms with Crippen molar-refractivity contribution in [2.45, 2.75) is 6.92 Å². The summed E-state index contributed by atoms with van der Waals surface area (Å²) in [6.45, 7) is 4.76. The Labute approximate surface area is 156 Å². The van der Waals surface area contributed by atoms with E-state index in [0.717, 1.165) is 11.5 Å². The molecule has 1 aliphatic heterocycles. The lowest BCUT2D eigenvalue weighted by molar-refractivity contribution is -0.135. The van der Waals surface area contributed by atoms with Gasteiger partial charge in [-0.2, -0.15) is 4.68 Å². The van der Waals surface area contributed by atoms with Crippen LogP contribution in [0, 0.1) is 6.92 Å². The first-order valence-corrected chi connectivity index (χ1v) is 8.82. The highest BCUT2D eigenvalue weighted by molar-refractivity contribution is 5.84. The SMILES string of the molecule is COCC(=O)N1CCN(c2ncnc3c2nnn3-c2ccc(C)cc2)CC1. The highest BCUT2D eigenvalue weighted by atomic mass is 16.5. The molecule has 1 fully saturated rings. The van der Waals surface area contributed by atoms with Gasteiger partial charge in [-0.1, -0.05) is 22.9 Å². The standard InChI is InChI=1S/C18H21N7O2/c1-13-3-5-14(6-4-13)25-18-16(21-22-25)17(19-12-20-18)24-9-7-23(8-10-24)15(26)11-27-2/h3-6,12H,7-11H2,1-2H3. The maximum Gasteiger partial charge on any atom is 0.248 e. The number of anilines is 1. The Hall–Kier alpha value is -3.07. The molecule has 3 heterocycles. The van der Waals surface area contributed by atoms with Crippen LogP contribution < -0.4 is 4.90 Å². The van der Waals surface area contributed by atoms with E-state index in [1.165, 1.54) is 19.0 Å². The van der Waals surface area contributed by atoms with Crippen molar-refractivity contribution in [1.29, 1.82) is 0 Å². The molecule has 0 atom stereocenters. The summed E-state index contributed by atoms with van der Waals surface area (Å²) >= 11 is 0. The summed E-state index contributed by atoms with van der Waals surface area (Å²) in [6, 6.07) is 8.04. The first kappa shape index (κ1) is 17.3. The molecule has 0 bridgehead atoms. The third-order valence-electron chi connectivity index (χ3n) is 4.70. The van der Waals surface area contributed by atoms with E-state index in [4.69, 9.17) is 4.74 Å². The number of nitrogens with zero attached hydrogens (tertiary/aromatic N) is 7. The van der Waals surface area contributed by atoms with Gasteiger partial charge in [-0.05, 0) is 19.1 Å². The van der Waals surface area contributed by atoms with Crippen LogP contribution in [0.4, 0.5) is 5.82 Å². The summed E-state index contributed by atoms with van der Waals surface area (Å²) < 4.78 is 6.65. The lowest BCUT2D eigenvalue weighted by atomic mass is 10.2. The monoisotopic (exact) mass is 367 g/mol. The molecule has 0 radical (unpaired) electrons. The molecule has 9 heteroatoms. The zero-order valence-corrected chi connectivity index (χ0v) is 15.4. The van der Waals surface area contributed by atoms with Crippen LogP contribution >= 0.6 is 0 Å². The van der Waals surface area contributed by atoms with Crippen LogP contribution in [-0.4, -0.2) is 75.7 Å². The van der Waals surface area contributed by atoms with Crippen molar-refractivity contribution in [3.8, 4) is 5.69 Å². The van der Waals surface area contributed by atoms with Gasteiger partial charge in [-0.3, -0.25) is 4.79 Å². The normalized spacial score (nSPS) is 14.7. The predicted octanol–water partition coefficient (Wildman–Crippen LogP) is 0.814. The number of aromatic nitrogens is 5. The number of rotatable bonds is 4. The van der Waals surface area contributed by atoms with Gasteiger partial charge in [0.1, 0.15) is 12.9 Å². The van der Waals surface area contributed by atoms with E-state index < -0.39 is 0 Å². The van der Waals surface area contributed by atoms with E-state index in [0.29, 0.717) is 37.3 Å². The van der Waals surface area contributed by atoms with Gasteiger partial charge in [0.25, 0.3) is 0 Å². The number of carbonyl (C=O) groups excluding carboxylic acids is 1. The van der Waals surface area contributed by atoms with Crippen LogP contribution in [0.1, 0.15) is 5.56 Å². The second kappa shape index (κ2) is 7.28. The highest BCUT2D eigenvalue weighted by Crippen LogP contribution is 2.23. The topological polar surface area (TPSA) is 89.3 Å². The Morgan fingerprint density at radius 1 is 1.11 bits per heavy atom. The van der Waals surface area contributed by atoms with Crippen LogP contribution in [0.2, 0.25) is 0 Å². The lowest BCUT2D eigenvalue weighted by Gasteiger charge is -2.35. The highest BCUT2D eigenvalue weighted by Gasteiger charge is 2.24. The number of hydrogen-bond acceptors (Lipinski definition) is 7. The Morgan fingerprint density at radius 2 is 1.85 bits per heavy atom. The summed E-state index contributed by atoms with van der Waals surface area (Å²) in [6.07, 6.45) is 1.54. The fourth-order valence-electron chi connectivity index (χ4n) is 3.21. The quantitative estimate of drug-likeness (QED) is 0.674. The second-order valence-electron chi connectivity index (χ2n) is 6.51. The summed E-state index contributed by atoms with van der Waals surface area (Å²) in [5.41, 5.74) is 3.42. The minimum atomic E-state index is 0.00954. The van der Waals surface area contributed by atoms with Crippen LogP contribution in [0.3, 0.4) is 0 Å². The van der Waals surface area contributed by atoms with Crippen molar-refractivity contribution in [3.63, 3.8) is 0 Å². The molecule has 0 unspecified atom stereocenters. The Morgan fingerprint density at radius 3 is 2.56 bits per heavy atom. The van der Waals surface area contributed by atoms with Crippen LogP contribution in [0.15, 0.2) is 30.6 Å². The van der Waals surface area contributed by atoms with Gasteiger partial charge in [0, 0.05) is 33.3 Å². The van der Waals surface area contributed by atoms with Gasteiger partial charge in [-0.15, -0.1) is 5.10 Å². The van der Waals surface area contributed by atoms with Gasteiger partial charge in [0.05, 0.1) is 5.69 Å². The summed E-state index contributed by atoms with van der Waals surface area (Å²) in [7, 11) is 1.53. The summed E-state index contributed by atoms with van der Waals surface area (Å²) in [5.74, 6) is 0.757. The van der Waals surface area contributed by atoms with E-state index in [1.807, 2.05) is 36.1 Å². The molecule has 2 aromatic heterocycles. The van der Waals surface area contributed by atoms with E-state index in [2.05, 4.69) is 25.2 Å². The molecule has 4 rings (SSSR count). The van der Waals surface area contributed by atoms with Gasteiger partial charge in [0.15, 0.2) is 17.0 Å². The Bertz CT molecular complexity index is 946. The third kappa shape index (κ3) is 3.33. The largest absolute Gasteiger partial charge is 0.375 e. The first-order chi connectivity index (χ1) is 13.2. The van der Waals surface area contributed by atoms with Crippen molar-refractivity contribution >= 4 is 22.9 Å². The lowest BCUT2D eigenvalue weighted by Crippen LogP contribution is -2.50. The van der Waals surface area contributed by atoms with Gasteiger partial charge >= 0.3 is 0 Å².